The number of hydrogen-bond donors (Lipinski definition) is 1. The maximum absolute atomic E-state index is 13.4. The fourth-order valence-corrected chi connectivity index (χ4v) is 2.46. The van der Waals surface area contributed by atoms with Crippen LogP contribution < -0.4 is 14.8 Å². The molecule has 1 aliphatic heterocycles. The van der Waals surface area contributed by atoms with Crippen molar-refractivity contribution in [2.75, 3.05) is 19.5 Å². The van der Waals surface area contributed by atoms with Crippen molar-refractivity contribution in [3.63, 3.8) is 0 Å². The largest absolute Gasteiger partial charge is 0.466 e. The average molecular weight is 409 g/mol. The minimum atomic E-state index is -4.71. The normalized spacial score (nSPS) is 12.7. The lowest BCUT2D eigenvalue weighted by molar-refractivity contribution is -0.138. The van der Waals surface area contributed by atoms with Gasteiger partial charge in [-0.2, -0.15) is 13.2 Å². The van der Waals surface area contributed by atoms with Gasteiger partial charge < -0.3 is 24.3 Å². The Kier molecular flexibility index (Phi) is 5.35. The number of carbonyl (C=O) groups excluding carboxylic acids is 2. The van der Waals surface area contributed by atoms with Crippen molar-refractivity contribution < 1.29 is 41.7 Å². The number of alkyl halides is 3. The Morgan fingerprint density at radius 3 is 2.24 bits per heavy atom. The van der Waals surface area contributed by atoms with Crippen LogP contribution in [0.3, 0.4) is 0 Å². The number of esters is 2. The second-order valence-corrected chi connectivity index (χ2v) is 5.70. The summed E-state index contributed by atoms with van der Waals surface area (Å²) < 4.78 is 60.3. The number of fused-ring (bicyclic) bond motifs is 2. The van der Waals surface area contributed by atoms with Crippen molar-refractivity contribution in [3.05, 3.63) is 53.7 Å². The Bertz CT molecular complexity index is 1000. The monoisotopic (exact) mass is 409 g/mol. The molecule has 0 spiro atoms. The molecule has 0 saturated heterocycles. The smallest absolute Gasteiger partial charge is 0.416 e. The third kappa shape index (κ3) is 4.26. The molecule has 0 radical (unpaired) electrons. The summed E-state index contributed by atoms with van der Waals surface area (Å²) in [6, 6.07) is 7.88. The first kappa shape index (κ1) is 20.1. The average Bonchev–Trinajstić information content (AvgIpc) is 2.70. The maximum atomic E-state index is 13.4. The van der Waals surface area contributed by atoms with Crippen LogP contribution in [0, 0.1) is 0 Å². The summed E-state index contributed by atoms with van der Waals surface area (Å²) in [7, 11) is 2.13. The quantitative estimate of drug-likeness (QED) is 0.510. The van der Waals surface area contributed by atoms with Crippen molar-refractivity contribution >= 4 is 17.6 Å². The first-order chi connectivity index (χ1) is 13.7. The molecule has 1 heterocycles. The number of anilines is 1. The minimum Gasteiger partial charge on any atom is -0.466 e. The SMILES string of the molecule is COC(=O)/C=C(/Nc1cc(C(F)(F)F)cc2c1Oc1ccccc1O2)C(=O)OC. The lowest BCUT2D eigenvalue weighted by Crippen LogP contribution is -2.17. The molecule has 10 heteroatoms. The van der Waals surface area contributed by atoms with Gasteiger partial charge in [-0.25, -0.2) is 9.59 Å². The Morgan fingerprint density at radius 2 is 1.66 bits per heavy atom. The molecule has 0 bridgehead atoms. The molecule has 0 unspecified atom stereocenters. The van der Waals surface area contributed by atoms with Gasteiger partial charge >= 0.3 is 18.1 Å². The molecule has 2 aromatic rings. The molecule has 0 aromatic heterocycles. The lowest BCUT2D eigenvalue weighted by Gasteiger charge is -2.24. The van der Waals surface area contributed by atoms with Crippen molar-refractivity contribution in [3.8, 4) is 23.0 Å². The van der Waals surface area contributed by atoms with Gasteiger partial charge in [0.2, 0.25) is 0 Å². The first-order valence-corrected chi connectivity index (χ1v) is 8.08. The van der Waals surface area contributed by atoms with Gasteiger partial charge in [-0.15, -0.1) is 0 Å². The molecular formula is C19H14F3NO6. The number of para-hydroxylation sites is 2. The molecular weight excluding hydrogens is 395 g/mol. The number of halogens is 3. The van der Waals surface area contributed by atoms with Crippen molar-refractivity contribution in [1.29, 1.82) is 0 Å². The molecule has 3 rings (SSSR count). The maximum Gasteiger partial charge on any atom is 0.416 e. The molecule has 0 fully saturated rings. The Balaban J connectivity index is 2.11. The van der Waals surface area contributed by atoms with Crippen LogP contribution in [0.1, 0.15) is 5.56 Å². The van der Waals surface area contributed by atoms with Crippen LogP contribution in [0.4, 0.5) is 18.9 Å². The van der Waals surface area contributed by atoms with Crippen LogP contribution >= 0.6 is 0 Å². The summed E-state index contributed by atoms with van der Waals surface area (Å²) >= 11 is 0. The topological polar surface area (TPSA) is 83.1 Å². The Hall–Kier alpha value is -3.69. The van der Waals surface area contributed by atoms with Gasteiger partial charge in [0.1, 0.15) is 5.70 Å². The van der Waals surface area contributed by atoms with Crippen molar-refractivity contribution in [1.82, 2.24) is 0 Å². The van der Waals surface area contributed by atoms with Crippen LogP contribution in [0.25, 0.3) is 0 Å². The standard InChI is InChI=1S/C19H14F3NO6/c1-26-16(24)9-12(18(25)27-2)23-11-7-10(19(20,21)22)8-15-17(11)29-14-6-4-3-5-13(14)28-15/h3-9,23H,1-2H3/b12-9+. The van der Waals surface area contributed by atoms with E-state index in [2.05, 4.69) is 14.8 Å². The highest BCUT2D eigenvalue weighted by molar-refractivity contribution is 5.99. The number of methoxy groups -OCH3 is 2. The third-order valence-electron chi connectivity index (χ3n) is 3.80. The first-order valence-electron chi connectivity index (χ1n) is 8.08. The van der Waals surface area contributed by atoms with E-state index < -0.39 is 29.4 Å². The molecule has 0 amide bonds. The van der Waals surface area contributed by atoms with Crippen LogP contribution in [-0.4, -0.2) is 26.2 Å². The zero-order chi connectivity index (χ0) is 21.2. The Labute approximate surface area is 162 Å². The highest BCUT2D eigenvalue weighted by Crippen LogP contribution is 2.51. The van der Waals surface area contributed by atoms with Gasteiger partial charge in [-0.3, -0.25) is 0 Å². The second-order valence-electron chi connectivity index (χ2n) is 5.70. The summed E-state index contributed by atoms with van der Waals surface area (Å²) in [4.78, 5) is 23.5. The molecule has 2 aromatic carbocycles. The van der Waals surface area contributed by atoms with Gasteiger partial charge in [-0.05, 0) is 24.3 Å². The van der Waals surface area contributed by atoms with Gasteiger partial charge in [0, 0.05) is 0 Å². The van der Waals surface area contributed by atoms with Gasteiger partial charge in [0.25, 0.3) is 0 Å². The van der Waals surface area contributed by atoms with Gasteiger partial charge in [-0.1, -0.05) is 12.1 Å². The number of benzene rings is 2. The molecule has 0 aliphatic carbocycles. The number of hydrogen-bond acceptors (Lipinski definition) is 7. The molecule has 0 atom stereocenters. The Morgan fingerprint density at radius 1 is 1.00 bits per heavy atom. The van der Waals surface area contributed by atoms with Crippen molar-refractivity contribution in [2.45, 2.75) is 6.18 Å². The zero-order valence-corrected chi connectivity index (χ0v) is 15.1. The van der Waals surface area contributed by atoms with Crippen molar-refractivity contribution in [2.24, 2.45) is 0 Å². The van der Waals surface area contributed by atoms with Gasteiger partial charge in [0.05, 0.1) is 31.5 Å². The highest BCUT2D eigenvalue weighted by atomic mass is 19.4. The van der Waals surface area contributed by atoms with E-state index in [0.29, 0.717) is 0 Å². The number of ether oxygens (including phenoxy) is 4. The molecule has 1 N–H and O–H groups in total. The fourth-order valence-electron chi connectivity index (χ4n) is 2.46. The molecule has 7 nitrogen and oxygen atoms in total. The van der Waals surface area contributed by atoms with E-state index in [9.17, 15) is 22.8 Å². The number of nitrogens with one attached hydrogen (secondary N) is 1. The van der Waals surface area contributed by atoms with E-state index in [1.165, 1.54) is 6.07 Å². The van der Waals surface area contributed by atoms with E-state index >= 15 is 0 Å². The van der Waals surface area contributed by atoms with E-state index in [4.69, 9.17) is 9.47 Å². The van der Waals surface area contributed by atoms with E-state index in [0.717, 1.165) is 32.4 Å². The number of carbonyl (C=O) groups is 2. The fraction of sp³-hybridized carbons (Fsp3) is 0.158. The summed E-state index contributed by atoms with van der Waals surface area (Å²) in [5.74, 6) is -1.75. The summed E-state index contributed by atoms with van der Waals surface area (Å²) in [6.07, 6.45) is -3.96. The molecule has 1 aliphatic rings. The van der Waals surface area contributed by atoms with Crippen LogP contribution in [-0.2, 0) is 25.2 Å². The molecule has 29 heavy (non-hydrogen) atoms. The highest BCUT2D eigenvalue weighted by Gasteiger charge is 2.35. The third-order valence-corrected chi connectivity index (χ3v) is 3.80. The predicted molar refractivity (Wildman–Crippen MR) is 93.8 cm³/mol. The van der Waals surface area contributed by atoms with Crippen LogP contribution in [0.2, 0.25) is 0 Å². The van der Waals surface area contributed by atoms with Crippen LogP contribution in [0.5, 0.6) is 23.0 Å². The summed E-state index contributed by atoms with van der Waals surface area (Å²) in [5.41, 5.74) is -1.77. The second kappa shape index (κ2) is 7.74. The van der Waals surface area contributed by atoms with Crippen LogP contribution in [0.15, 0.2) is 48.2 Å². The summed E-state index contributed by atoms with van der Waals surface area (Å²) in [6.45, 7) is 0. The predicted octanol–water partition coefficient (Wildman–Crippen LogP) is 4.25. The zero-order valence-electron chi connectivity index (χ0n) is 15.1. The lowest BCUT2D eigenvalue weighted by atomic mass is 10.1. The number of rotatable bonds is 4. The van der Waals surface area contributed by atoms with E-state index in [-0.39, 0.29) is 28.7 Å². The minimum absolute atomic E-state index is 0.101. The summed E-state index contributed by atoms with van der Waals surface area (Å²) in [5, 5.41) is 2.45. The van der Waals surface area contributed by atoms with Gasteiger partial charge in [0.15, 0.2) is 23.0 Å². The van der Waals surface area contributed by atoms with E-state index in [1.54, 1.807) is 18.2 Å². The van der Waals surface area contributed by atoms with E-state index in [1.807, 2.05) is 0 Å². The molecule has 0 saturated carbocycles. The molecule has 152 valence electrons.